The third-order valence-electron chi connectivity index (χ3n) is 18.0. The molecule has 0 saturated heterocycles. The highest BCUT2D eigenvalue weighted by molar-refractivity contribution is 5.79. The van der Waals surface area contributed by atoms with Gasteiger partial charge in [0.05, 0.1) is 45.2 Å². The van der Waals surface area contributed by atoms with Gasteiger partial charge < -0.3 is 18.3 Å². The van der Waals surface area contributed by atoms with Gasteiger partial charge in [0.2, 0.25) is 11.6 Å². The first-order valence-corrected chi connectivity index (χ1v) is 29.2. The molecule has 12 heterocycles. The lowest BCUT2D eigenvalue weighted by atomic mass is 10.1. The predicted octanol–water partition coefficient (Wildman–Crippen LogP) is 15.0. The molecule has 0 bridgehead atoms. The van der Waals surface area contributed by atoms with Gasteiger partial charge in [-0.25, -0.2) is 19.9 Å². The Morgan fingerprint density at radius 2 is 0.750 bits per heavy atom. The Morgan fingerprint density at radius 3 is 1.27 bits per heavy atom. The molecule has 4 aromatic carbocycles. The minimum Gasteiger partial charge on any atom is -0.354 e. The van der Waals surface area contributed by atoms with E-state index in [1.54, 1.807) is 0 Å². The molecule has 2 aliphatic heterocycles. The molecular weight excluding hydrogens is 1030 g/mol. The number of fused-ring (bicyclic) bond motifs is 18. The zero-order chi connectivity index (χ0) is 58.2. The van der Waals surface area contributed by atoms with Crippen molar-refractivity contribution in [3.63, 3.8) is 0 Å². The van der Waals surface area contributed by atoms with Crippen molar-refractivity contribution in [3.8, 4) is 33.6 Å². The number of aromatic nitrogens is 12. The van der Waals surface area contributed by atoms with Gasteiger partial charge in [-0.3, -0.25) is 17.6 Å². The molecule has 18 rings (SSSR count). The number of aryl methyl sites for hydroxylation is 8. The molecule has 0 N–H and O–H groups in total. The fourth-order valence-corrected chi connectivity index (χ4v) is 12.7. The molecule has 12 heteroatoms. The van der Waals surface area contributed by atoms with E-state index in [1.165, 1.54) is 124 Å². The molecule has 2 aliphatic carbocycles. The molecule has 0 unspecified atom stereocenters. The second-order valence-corrected chi connectivity index (χ2v) is 22.9. The SMILES string of the molecule is Cc1c2c(cn1C)-c1ccccc1C2.Cc1c2c(cn1C)Cc1ccccc1-2.Cc1nc2n(c1C)-c1ccccc1C2.Cc1nc2n(c1C)-c1ccccc1C2.Cc1nc2n(cc3ccccn32)c1C.Cc1nc2n(cc3ccccn32)c1C. The summed E-state index contributed by atoms with van der Waals surface area (Å²) in [6, 6.07) is 46.7. The van der Waals surface area contributed by atoms with Crippen LogP contribution in [0, 0.1) is 69.2 Å². The third-order valence-corrected chi connectivity index (χ3v) is 18.0. The van der Waals surface area contributed by atoms with Crippen LogP contribution in [0.25, 0.3) is 56.2 Å². The normalized spacial score (nSPS) is 12.3. The minimum absolute atomic E-state index is 0.977. The van der Waals surface area contributed by atoms with Crippen LogP contribution in [0.1, 0.15) is 102 Å². The Kier molecular flexibility index (Phi) is 13.6. The number of hydrogen-bond acceptors (Lipinski definition) is 4. The Hall–Kier alpha value is -9.68. The number of para-hydroxylation sites is 2. The zero-order valence-electron chi connectivity index (χ0n) is 50.4. The summed E-state index contributed by atoms with van der Waals surface area (Å²) in [5, 5.41) is 0. The summed E-state index contributed by atoms with van der Waals surface area (Å²) in [4.78, 5) is 18.2. The number of imidazole rings is 6. The molecule has 4 aliphatic rings. The van der Waals surface area contributed by atoms with Gasteiger partial charge >= 0.3 is 0 Å². The van der Waals surface area contributed by atoms with E-state index in [9.17, 15) is 0 Å². The minimum atomic E-state index is 0.977. The first kappa shape index (κ1) is 53.6. The van der Waals surface area contributed by atoms with Crippen molar-refractivity contribution >= 4 is 22.6 Å². The van der Waals surface area contributed by atoms with E-state index < -0.39 is 0 Å². The van der Waals surface area contributed by atoms with E-state index in [4.69, 9.17) is 0 Å². The number of pyridine rings is 2. The van der Waals surface area contributed by atoms with Gasteiger partial charge in [0.15, 0.2) is 0 Å². The highest BCUT2D eigenvalue weighted by Gasteiger charge is 2.25. The van der Waals surface area contributed by atoms with Gasteiger partial charge in [-0.1, -0.05) is 97.1 Å². The summed E-state index contributed by atoms with van der Waals surface area (Å²) < 4.78 is 17.4. The molecule has 12 nitrogen and oxygen atoms in total. The molecular formula is C72H72N12. The summed E-state index contributed by atoms with van der Waals surface area (Å²) in [6.45, 7) is 21.1. The lowest BCUT2D eigenvalue weighted by molar-refractivity contribution is 0.871. The number of benzene rings is 4. The van der Waals surface area contributed by atoms with Gasteiger partial charge in [-0.15, -0.1) is 0 Å². The van der Waals surface area contributed by atoms with Gasteiger partial charge in [0.25, 0.3) is 0 Å². The lowest BCUT2D eigenvalue weighted by Gasteiger charge is -2.03. The second kappa shape index (κ2) is 21.3. The quantitative estimate of drug-likeness (QED) is 0.151. The summed E-state index contributed by atoms with van der Waals surface area (Å²) in [6.07, 6.45) is 17.0. The first-order chi connectivity index (χ1) is 40.6. The maximum Gasteiger partial charge on any atom is 0.219 e. The van der Waals surface area contributed by atoms with Gasteiger partial charge in [0, 0.05) is 122 Å². The van der Waals surface area contributed by atoms with Crippen LogP contribution in [0.15, 0.2) is 171 Å². The molecule has 0 amide bonds. The maximum absolute atomic E-state index is 4.57. The highest BCUT2D eigenvalue weighted by atomic mass is 15.2. The molecule has 0 fully saturated rings. The third kappa shape index (κ3) is 9.17. The van der Waals surface area contributed by atoms with Gasteiger partial charge in [0.1, 0.15) is 11.6 Å². The molecule has 0 radical (unpaired) electrons. The molecule has 14 aromatic rings. The molecule has 420 valence electrons. The van der Waals surface area contributed by atoms with Crippen molar-refractivity contribution in [1.29, 1.82) is 0 Å². The number of rotatable bonds is 0. The summed E-state index contributed by atoms with van der Waals surface area (Å²) in [5.74, 6) is 4.36. The van der Waals surface area contributed by atoms with Gasteiger partial charge in [-0.2, -0.15) is 0 Å². The lowest BCUT2D eigenvalue weighted by Crippen LogP contribution is -1.94. The average Bonchev–Trinajstić information content (AvgIpc) is 2.76. The van der Waals surface area contributed by atoms with Crippen LogP contribution in [0.3, 0.4) is 0 Å². The van der Waals surface area contributed by atoms with Crippen LogP contribution < -0.4 is 0 Å². The maximum atomic E-state index is 4.57. The fourth-order valence-electron chi connectivity index (χ4n) is 12.7. The molecule has 10 aromatic heterocycles. The number of hydrogen-bond donors (Lipinski definition) is 0. The molecule has 84 heavy (non-hydrogen) atoms. The van der Waals surface area contributed by atoms with Crippen molar-refractivity contribution in [1.82, 2.24) is 55.8 Å². The van der Waals surface area contributed by atoms with Crippen LogP contribution in [-0.2, 0) is 39.8 Å². The van der Waals surface area contributed by atoms with Crippen LogP contribution >= 0.6 is 0 Å². The largest absolute Gasteiger partial charge is 0.354 e. The van der Waals surface area contributed by atoms with E-state index in [0.717, 1.165) is 60.0 Å². The Balaban J connectivity index is 0.0000000940. The summed E-state index contributed by atoms with van der Waals surface area (Å²) in [5.41, 5.74) is 31.6. The van der Waals surface area contributed by atoms with Crippen LogP contribution in [0.2, 0.25) is 0 Å². The summed E-state index contributed by atoms with van der Waals surface area (Å²) in [7, 11) is 4.24. The monoisotopic (exact) mass is 1100 g/mol. The van der Waals surface area contributed by atoms with Gasteiger partial charge in [-0.05, 0) is 150 Å². The van der Waals surface area contributed by atoms with E-state index in [1.807, 2.05) is 50.5 Å². The van der Waals surface area contributed by atoms with E-state index in [-0.39, 0.29) is 0 Å². The zero-order valence-corrected chi connectivity index (χ0v) is 50.4. The summed E-state index contributed by atoms with van der Waals surface area (Å²) >= 11 is 0. The Morgan fingerprint density at radius 1 is 0.321 bits per heavy atom. The van der Waals surface area contributed by atoms with E-state index in [0.29, 0.717) is 0 Å². The van der Waals surface area contributed by atoms with Crippen molar-refractivity contribution < 1.29 is 0 Å². The van der Waals surface area contributed by atoms with Crippen molar-refractivity contribution in [3.05, 3.63) is 273 Å². The second-order valence-electron chi connectivity index (χ2n) is 22.9. The average molecular weight is 1110 g/mol. The fraction of sp³-hybridized carbons (Fsp3) is 0.222. The smallest absolute Gasteiger partial charge is 0.219 e. The predicted molar refractivity (Wildman–Crippen MR) is 340 cm³/mol. The van der Waals surface area contributed by atoms with E-state index in [2.05, 4.69) is 259 Å². The van der Waals surface area contributed by atoms with Crippen molar-refractivity contribution in [2.24, 2.45) is 14.1 Å². The Bertz CT molecular complexity index is 4490. The van der Waals surface area contributed by atoms with Crippen molar-refractivity contribution in [2.45, 2.75) is 94.9 Å². The van der Waals surface area contributed by atoms with Crippen LogP contribution in [0.4, 0.5) is 0 Å². The van der Waals surface area contributed by atoms with Crippen LogP contribution in [0.5, 0.6) is 0 Å². The van der Waals surface area contributed by atoms with Crippen LogP contribution in [-0.4, -0.2) is 55.8 Å². The molecule has 0 saturated carbocycles. The molecule has 0 spiro atoms. The standard InChI is InChI=1S/2C13H13N.2C12H12N2.2C11H11N3/c1-9-13-11(8-14(9)2)7-10-5-3-4-6-12(10)13;1-9-12-7-10-5-3-4-6-11(10)13(12)8-14(9)2;2*1-8-9(2)14-11-6-4-3-5-10(11)7-12(14)13-8;2*1-8-9(2)14-7-10-5-3-4-6-13(10)11(14)12-8/h2*3-6,8H,7H2,1-2H3;2*3-6H,7H2,1-2H3;2*3-7H,1-2H3. The number of nitrogens with zero attached hydrogens (tertiary/aromatic N) is 12. The van der Waals surface area contributed by atoms with E-state index >= 15 is 0 Å². The topological polar surface area (TPSA) is 88.9 Å². The Labute approximate surface area is 491 Å². The van der Waals surface area contributed by atoms with Crippen molar-refractivity contribution in [2.75, 3.05) is 0 Å². The first-order valence-electron chi connectivity index (χ1n) is 29.2. The molecule has 0 atom stereocenters. The highest BCUT2D eigenvalue weighted by Crippen LogP contribution is 2.40.